The van der Waals surface area contributed by atoms with Crippen molar-refractivity contribution in [2.75, 3.05) is 0 Å². The molecule has 0 aliphatic carbocycles. The first-order valence-corrected chi connectivity index (χ1v) is 7.49. The standard InChI is InChI=1S/C17H10ClF3N4/c18-16-12(2-1-3-13(16)17(19,20)21)8-25-9-15(24-10-25)14-6-11(7-22)4-5-23-14/h1-6,9-10H,8H2. The zero-order valence-corrected chi connectivity index (χ0v) is 13.4. The van der Waals surface area contributed by atoms with Crippen LogP contribution in [0.2, 0.25) is 5.02 Å². The minimum atomic E-state index is -4.51. The minimum Gasteiger partial charge on any atom is -0.332 e. The molecule has 25 heavy (non-hydrogen) atoms. The predicted molar refractivity (Wildman–Crippen MR) is 85.7 cm³/mol. The molecule has 0 saturated carbocycles. The van der Waals surface area contributed by atoms with E-state index in [1.165, 1.54) is 24.7 Å². The van der Waals surface area contributed by atoms with Gasteiger partial charge >= 0.3 is 6.18 Å². The smallest absolute Gasteiger partial charge is 0.332 e. The van der Waals surface area contributed by atoms with E-state index in [2.05, 4.69) is 9.97 Å². The molecule has 3 aromatic rings. The van der Waals surface area contributed by atoms with Gasteiger partial charge in [-0.15, -0.1) is 0 Å². The summed E-state index contributed by atoms with van der Waals surface area (Å²) in [6.45, 7) is 0.133. The molecular weight excluding hydrogens is 353 g/mol. The van der Waals surface area contributed by atoms with Gasteiger partial charge in [0.15, 0.2) is 0 Å². The van der Waals surface area contributed by atoms with Crippen molar-refractivity contribution >= 4 is 11.6 Å². The van der Waals surface area contributed by atoms with Crippen LogP contribution in [-0.4, -0.2) is 14.5 Å². The number of nitrogens with zero attached hydrogens (tertiary/aromatic N) is 4. The van der Waals surface area contributed by atoms with Crippen LogP contribution in [0.25, 0.3) is 11.4 Å². The summed E-state index contributed by atoms with van der Waals surface area (Å²) in [7, 11) is 0. The van der Waals surface area contributed by atoms with E-state index in [1.54, 1.807) is 22.9 Å². The molecule has 0 aliphatic heterocycles. The fourth-order valence-corrected chi connectivity index (χ4v) is 2.63. The van der Waals surface area contributed by atoms with Crippen LogP contribution in [0.1, 0.15) is 16.7 Å². The van der Waals surface area contributed by atoms with Gasteiger partial charge in [0, 0.05) is 18.9 Å². The number of imidazole rings is 1. The van der Waals surface area contributed by atoms with Gasteiger partial charge in [0.25, 0.3) is 0 Å². The molecule has 2 heterocycles. The Morgan fingerprint density at radius 2 is 1.96 bits per heavy atom. The summed E-state index contributed by atoms with van der Waals surface area (Å²) in [5.41, 5.74) is 0.934. The van der Waals surface area contributed by atoms with Gasteiger partial charge < -0.3 is 4.57 Å². The van der Waals surface area contributed by atoms with Crippen molar-refractivity contribution in [3.8, 4) is 17.5 Å². The number of alkyl halides is 3. The Morgan fingerprint density at radius 3 is 2.68 bits per heavy atom. The van der Waals surface area contributed by atoms with Crippen LogP contribution in [0.5, 0.6) is 0 Å². The third kappa shape index (κ3) is 3.64. The molecule has 8 heteroatoms. The zero-order valence-electron chi connectivity index (χ0n) is 12.6. The lowest BCUT2D eigenvalue weighted by atomic mass is 10.1. The molecule has 0 bridgehead atoms. The summed E-state index contributed by atoms with van der Waals surface area (Å²) in [5, 5.41) is 8.60. The quantitative estimate of drug-likeness (QED) is 0.687. The first-order chi connectivity index (χ1) is 11.9. The highest BCUT2D eigenvalue weighted by Gasteiger charge is 2.33. The fourth-order valence-electron chi connectivity index (χ4n) is 2.34. The fraction of sp³-hybridized carbons (Fsp3) is 0.118. The molecule has 2 aromatic heterocycles. The van der Waals surface area contributed by atoms with E-state index < -0.39 is 11.7 Å². The van der Waals surface area contributed by atoms with Gasteiger partial charge in [-0.25, -0.2) is 4.98 Å². The summed E-state index contributed by atoms with van der Waals surface area (Å²) in [6, 6.07) is 8.97. The third-order valence-electron chi connectivity index (χ3n) is 3.52. The highest BCUT2D eigenvalue weighted by Crippen LogP contribution is 2.36. The molecule has 126 valence electrons. The molecule has 0 atom stereocenters. The Morgan fingerprint density at radius 1 is 1.16 bits per heavy atom. The average molecular weight is 363 g/mol. The van der Waals surface area contributed by atoms with E-state index in [0.29, 0.717) is 22.5 Å². The largest absolute Gasteiger partial charge is 0.417 e. The number of aromatic nitrogens is 3. The number of hydrogen-bond acceptors (Lipinski definition) is 3. The summed E-state index contributed by atoms with van der Waals surface area (Å²) in [4.78, 5) is 8.32. The van der Waals surface area contributed by atoms with Gasteiger partial charge in [0.2, 0.25) is 0 Å². The van der Waals surface area contributed by atoms with Gasteiger partial charge in [0.1, 0.15) is 5.69 Å². The van der Waals surface area contributed by atoms with E-state index in [-0.39, 0.29) is 11.6 Å². The predicted octanol–water partition coefficient (Wildman–Crippen LogP) is 4.54. The number of nitriles is 1. The third-order valence-corrected chi connectivity index (χ3v) is 3.97. The van der Waals surface area contributed by atoms with Gasteiger partial charge in [-0.3, -0.25) is 4.98 Å². The van der Waals surface area contributed by atoms with Crippen LogP contribution in [-0.2, 0) is 12.7 Å². The normalized spacial score (nSPS) is 11.3. The van der Waals surface area contributed by atoms with Crippen molar-refractivity contribution in [1.29, 1.82) is 5.26 Å². The van der Waals surface area contributed by atoms with Crippen molar-refractivity contribution < 1.29 is 13.2 Å². The van der Waals surface area contributed by atoms with E-state index in [4.69, 9.17) is 16.9 Å². The summed E-state index contributed by atoms with van der Waals surface area (Å²) < 4.78 is 40.4. The number of rotatable bonds is 3. The zero-order chi connectivity index (χ0) is 18.0. The Bertz CT molecular complexity index is 957. The summed E-state index contributed by atoms with van der Waals surface area (Å²) in [5.74, 6) is 0. The van der Waals surface area contributed by atoms with Crippen LogP contribution in [0.15, 0.2) is 49.1 Å². The number of halogens is 4. The maximum atomic E-state index is 12.9. The van der Waals surface area contributed by atoms with Crippen molar-refractivity contribution in [1.82, 2.24) is 14.5 Å². The number of pyridine rings is 1. The second-order valence-electron chi connectivity index (χ2n) is 5.25. The Labute approximate surface area is 146 Å². The summed E-state index contributed by atoms with van der Waals surface area (Å²) in [6.07, 6.45) is 0.109. The molecule has 0 fully saturated rings. The van der Waals surface area contributed by atoms with Crippen molar-refractivity contribution in [3.05, 3.63) is 70.8 Å². The molecule has 0 aliphatic rings. The topological polar surface area (TPSA) is 54.5 Å². The maximum Gasteiger partial charge on any atom is 0.417 e. The lowest BCUT2D eigenvalue weighted by Gasteiger charge is -2.12. The van der Waals surface area contributed by atoms with Crippen molar-refractivity contribution in [2.45, 2.75) is 12.7 Å². The average Bonchev–Trinajstić information content (AvgIpc) is 3.04. The lowest BCUT2D eigenvalue weighted by molar-refractivity contribution is -0.137. The molecule has 0 radical (unpaired) electrons. The van der Waals surface area contributed by atoms with Crippen molar-refractivity contribution in [3.63, 3.8) is 0 Å². The van der Waals surface area contributed by atoms with E-state index in [9.17, 15) is 13.2 Å². The molecule has 0 amide bonds. The van der Waals surface area contributed by atoms with Gasteiger partial charge in [0.05, 0.1) is 34.2 Å². The van der Waals surface area contributed by atoms with Crippen LogP contribution >= 0.6 is 11.6 Å². The minimum absolute atomic E-state index is 0.133. The highest BCUT2D eigenvalue weighted by atomic mass is 35.5. The molecule has 0 saturated heterocycles. The summed E-state index contributed by atoms with van der Waals surface area (Å²) >= 11 is 5.90. The molecule has 0 spiro atoms. The van der Waals surface area contributed by atoms with E-state index >= 15 is 0 Å². The molecule has 4 nitrogen and oxygen atoms in total. The molecule has 3 rings (SSSR count). The van der Waals surface area contributed by atoms with Gasteiger partial charge in [-0.05, 0) is 23.8 Å². The molecule has 0 unspecified atom stereocenters. The van der Waals surface area contributed by atoms with Gasteiger partial charge in [-0.2, -0.15) is 18.4 Å². The molecular formula is C17H10ClF3N4. The molecule has 1 aromatic carbocycles. The van der Waals surface area contributed by atoms with Crippen molar-refractivity contribution in [2.24, 2.45) is 0 Å². The first kappa shape index (κ1) is 17.0. The highest BCUT2D eigenvalue weighted by molar-refractivity contribution is 6.32. The Balaban J connectivity index is 1.89. The Kier molecular flexibility index (Phi) is 4.47. The first-order valence-electron chi connectivity index (χ1n) is 7.11. The SMILES string of the molecule is N#Cc1ccnc(-c2cn(Cc3cccc(C(F)(F)F)c3Cl)cn2)c1. The Hall–Kier alpha value is -2.85. The van der Waals surface area contributed by atoms with E-state index in [0.717, 1.165) is 6.07 Å². The van der Waals surface area contributed by atoms with Crippen LogP contribution < -0.4 is 0 Å². The number of hydrogen-bond donors (Lipinski definition) is 0. The lowest BCUT2D eigenvalue weighted by Crippen LogP contribution is -2.08. The van der Waals surface area contributed by atoms with Crippen LogP contribution in [0, 0.1) is 11.3 Å². The molecule has 0 N–H and O–H groups in total. The maximum absolute atomic E-state index is 12.9. The second kappa shape index (κ2) is 6.57. The van der Waals surface area contributed by atoms with E-state index in [1.807, 2.05) is 6.07 Å². The second-order valence-corrected chi connectivity index (χ2v) is 5.63. The van der Waals surface area contributed by atoms with Gasteiger partial charge in [-0.1, -0.05) is 23.7 Å². The van der Waals surface area contributed by atoms with Crippen LogP contribution in [0.3, 0.4) is 0 Å². The monoisotopic (exact) mass is 362 g/mol. The number of benzene rings is 1. The van der Waals surface area contributed by atoms with Crippen LogP contribution in [0.4, 0.5) is 13.2 Å².